The first kappa shape index (κ1) is 13.7. The molecule has 1 unspecified atom stereocenters. The highest BCUT2D eigenvalue weighted by atomic mass is 79.9. The SMILES string of the molecule is CCc1nn(C)c(CN(C)CC(C)O)c1Br. The smallest absolute Gasteiger partial charge is 0.0767 e. The molecular formula is C11H20BrN3O. The van der Waals surface area contributed by atoms with E-state index in [4.69, 9.17) is 0 Å². The van der Waals surface area contributed by atoms with Crippen molar-refractivity contribution in [1.29, 1.82) is 0 Å². The maximum absolute atomic E-state index is 9.31. The van der Waals surface area contributed by atoms with Crippen LogP contribution in [0.3, 0.4) is 0 Å². The van der Waals surface area contributed by atoms with E-state index in [1.165, 1.54) is 0 Å². The van der Waals surface area contributed by atoms with E-state index in [2.05, 4.69) is 32.9 Å². The van der Waals surface area contributed by atoms with Gasteiger partial charge in [-0.25, -0.2) is 0 Å². The monoisotopic (exact) mass is 289 g/mol. The molecule has 1 N–H and O–H groups in total. The van der Waals surface area contributed by atoms with Crippen LogP contribution in [0.1, 0.15) is 25.2 Å². The van der Waals surface area contributed by atoms with Crippen LogP contribution in [-0.4, -0.2) is 39.5 Å². The van der Waals surface area contributed by atoms with Crippen molar-refractivity contribution in [3.05, 3.63) is 15.9 Å². The highest BCUT2D eigenvalue weighted by Crippen LogP contribution is 2.22. The van der Waals surface area contributed by atoms with Gasteiger partial charge >= 0.3 is 0 Å². The first-order chi connectivity index (χ1) is 7.45. The quantitative estimate of drug-likeness (QED) is 0.894. The van der Waals surface area contributed by atoms with Crippen LogP contribution in [0, 0.1) is 0 Å². The molecule has 1 rings (SSSR count). The number of likely N-dealkylation sites (N-methyl/N-ethyl adjacent to an activating group) is 1. The van der Waals surface area contributed by atoms with Crippen LogP contribution in [0.5, 0.6) is 0 Å². The Bertz CT molecular complexity index is 349. The third kappa shape index (κ3) is 3.30. The highest BCUT2D eigenvalue weighted by Gasteiger charge is 2.14. The largest absolute Gasteiger partial charge is 0.392 e. The van der Waals surface area contributed by atoms with Gasteiger partial charge in [-0.1, -0.05) is 6.92 Å². The summed E-state index contributed by atoms with van der Waals surface area (Å²) < 4.78 is 3.00. The van der Waals surface area contributed by atoms with Crippen LogP contribution in [0.25, 0.3) is 0 Å². The number of hydrogen-bond acceptors (Lipinski definition) is 3. The summed E-state index contributed by atoms with van der Waals surface area (Å²) in [7, 11) is 3.95. The van der Waals surface area contributed by atoms with E-state index in [1.54, 1.807) is 6.92 Å². The van der Waals surface area contributed by atoms with Crippen LogP contribution in [-0.2, 0) is 20.0 Å². The predicted octanol–water partition coefficient (Wildman–Crippen LogP) is 1.56. The Kier molecular flexibility index (Phi) is 4.95. The first-order valence-corrected chi connectivity index (χ1v) is 6.31. The van der Waals surface area contributed by atoms with Crippen LogP contribution >= 0.6 is 15.9 Å². The topological polar surface area (TPSA) is 41.3 Å². The molecule has 0 bridgehead atoms. The normalized spacial score (nSPS) is 13.4. The summed E-state index contributed by atoms with van der Waals surface area (Å²) in [5.41, 5.74) is 2.24. The fraction of sp³-hybridized carbons (Fsp3) is 0.727. The summed E-state index contributed by atoms with van der Waals surface area (Å²) in [4.78, 5) is 2.09. The number of aliphatic hydroxyl groups is 1. The van der Waals surface area contributed by atoms with E-state index in [-0.39, 0.29) is 6.10 Å². The van der Waals surface area contributed by atoms with Gasteiger partial charge in [-0.2, -0.15) is 5.10 Å². The van der Waals surface area contributed by atoms with Gasteiger partial charge in [0, 0.05) is 20.1 Å². The van der Waals surface area contributed by atoms with Gasteiger partial charge in [0.15, 0.2) is 0 Å². The Labute approximate surface area is 105 Å². The summed E-state index contributed by atoms with van der Waals surface area (Å²) in [6.45, 7) is 5.34. The zero-order valence-electron chi connectivity index (χ0n) is 10.4. The molecule has 0 aliphatic carbocycles. The second-order valence-electron chi connectivity index (χ2n) is 4.23. The minimum atomic E-state index is -0.303. The van der Waals surface area contributed by atoms with Crippen molar-refractivity contribution in [2.75, 3.05) is 13.6 Å². The molecule has 0 aliphatic heterocycles. The van der Waals surface area contributed by atoms with E-state index < -0.39 is 0 Å². The molecule has 4 nitrogen and oxygen atoms in total. The Morgan fingerprint density at radius 1 is 1.56 bits per heavy atom. The predicted molar refractivity (Wildman–Crippen MR) is 68.3 cm³/mol. The molecular weight excluding hydrogens is 270 g/mol. The molecule has 0 fully saturated rings. The zero-order chi connectivity index (χ0) is 12.3. The van der Waals surface area contributed by atoms with Gasteiger partial charge < -0.3 is 5.11 Å². The molecule has 16 heavy (non-hydrogen) atoms. The summed E-state index contributed by atoms with van der Waals surface area (Å²) in [6.07, 6.45) is 0.622. The maximum Gasteiger partial charge on any atom is 0.0767 e. The van der Waals surface area contributed by atoms with Crippen molar-refractivity contribution in [3.8, 4) is 0 Å². The molecule has 0 saturated heterocycles. The van der Waals surface area contributed by atoms with E-state index in [0.29, 0.717) is 6.54 Å². The molecule has 0 radical (unpaired) electrons. The van der Waals surface area contributed by atoms with Gasteiger partial charge in [-0.05, 0) is 36.3 Å². The van der Waals surface area contributed by atoms with Gasteiger partial charge in [0.2, 0.25) is 0 Å². The fourth-order valence-corrected chi connectivity index (χ4v) is 2.50. The van der Waals surface area contributed by atoms with Gasteiger partial charge in [-0.3, -0.25) is 9.58 Å². The maximum atomic E-state index is 9.31. The van der Waals surface area contributed by atoms with Crippen LogP contribution in [0.2, 0.25) is 0 Å². The number of halogens is 1. The average Bonchev–Trinajstić information content (AvgIpc) is 2.44. The number of rotatable bonds is 5. The standard InChI is InChI=1S/C11H20BrN3O/c1-5-9-11(12)10(15(4)13-9)7-14(3)6-8(2)16/h8,16H,5-7H2,1-4H3. The van der Waals surface area contributed by atoms with Gasteiger partial charge in [0.1, 0.15) is 0 Å². The zero-order valence-corrected chi connectivity index (χ0v) is 12.0. The molecule has 0 aliphatic rings. The molecule has 1 heterocycles. The molecule has 1 aromatic rings. The van der Waals surface area contributed by atoms with Crippen molar-refractivity contribution in [1.82, 2.24) is 14.7 Å². The number of aryl methyl sites for hydroxylation is 2. The van der Waals surface area contributed by atoms with Crippen molar-refractivity contribution in [3.63, 3.8) is 0 Å². The Morgan fingerprint density at radius 2 is 2.19 bits per heavy atom. The summed E-state index contributed by atoms with van der Waals surface area (Å²) >= 11 is 3.58. The molecule has 1 aromatic heterocycles. The third-order valence-corrected chi connectivity index (χ3v) is 3.41. The third-order valence-electron chi connectivity index (χ3n) is 2.50. The number of aliphatic hydroxyl groups excluding tert-OH is 1. The molecule has 1 atom stereocenters. The van der Waals surface area contributed by atoms with E-state index in [0.717, 1.165) is 28.8 Å². The van der Waals surface area contributed by atoms with E-state index >= 15 is 0 Å². The lowest BCUT2D eigenvalue weighted by molar-refractivity contribution is 0.137. The van der Waals surface area contributed by atoms with Gasteiger partial charge in [0.05, 0.1) is 22.0 Å². The average molecular weight is 290 g/mol. The minimum Gasteiger partial charge on any atom is -0.392 e. The van der Waals surface area contributed by atoms with Crippen molar-refractivity contribution in [2.24, 2.45) is 7.05 Å². The molecule has 5 heteroatoms. The Balaban J connectivity index is 2.76. The number of aromatic nitrogens is 2. The first-order valence-electron chi connectivity index (χ1n) is 5.52. The second-order valence-corrected chi connectivity index (χ2v) is 5.02. The van der Waals surface area contributed by atoms with Crippen LogP contribution in [0.4, 0.5) is 0 Å². The molecule has 0 amide bonds. The molecule has 92 valence electrons. The van der Waals surface area contributed by atoms with E-state index in [1.807, 2.05) is 18.8 Å². The van der Waals surface area contributed by atoms with Crippen LogP contribution < -0.4 is 0 Å². The summed E-state index contributed by atoms with van der Waals surface area (Å²) in [5, 5.41) is 13.8. The second kappa shape index (κ2) is 5.80. The summed E-state index contributed by atoms with van der Waals surface area (Å²) in [6, 6.07) is 0. The lowest BCUT2D eigenvalue weighted by Crippen LogP contribution is -2.27. The lowest BCUT2D eigenvalue weighted by Gasteiger charge is -2.18. The highest BCUT2D eigenvalue weighted by molar-refractivity contribution is 9.10. The van der Waals surface area contributed by atoms with Crippen LogP contribution in [0.15, 0.2) is 4.47 Å². The van der Waals surface area contributed by atoms with E-state index in [9.17, 15) is 5.11 Å². The van der Waals surface area contributed by atoms with Crippen molar-refractivity contribution < 1.29 is 5.11 Å². The van der Waals surface area contributed by atoms with Crippen molar-refractivity contribution in [2.45, 2.75) is 32.9 Å². The molecule has 0 spiro atoms. The number of hydrogen-bond donors (Lipinski definition) is 1. The molecule has 0 saturated carbocycles. The van der Waals surface area contributed by atoms with Gasteiger partial charge in [0.25, 0.3) is 0 Å². The fourth-order valence-electron chi connectivity index (χ4n) is 1.76. The Hall–Kier alpha value is -0.390. The number of nitrogens with zero attached hydrogens (tertiary/aromatic N) is 3. The Morgan fingerprint density at radius 3 is 2.62 bits per heavy atom. The summed E-state index contributed by atoms with van der Waals surface area (Å²) in [5.74, 6) is 0. The lowest BCUT2D eigenvalue weighted by atomic mass is 10.3. The van der Waals surface area contributed by atoms with Crippen molar-refractivity contribution >= 4 is 15.9 Å². The minimum absolute atomic E-state index is 0.303. The van der Waals surface area contributed by atoms with Gasteiger partial charge in [-0.15, -0.1) is 0 Å². The molecule has 0 aromatic carbocycles.